The first-order valence-corrected chi connectivity index (χ1v) is 17.6. The molecule has 5 heterocycles. The van der Waals surface area contributed by atoms with Crippen molar-refractivity contribution in [3.05, 3.63) is 53.1 Å². The van der Waals surface area contributed by atoms with Crippen LogP contribution < -0.4 is 10.1 Å². The van der Waals surface area contributed by atoms with Crippen molar-refractivity contribution in [3.63, 3.8) is 0 Å². The number of fused-ring (bicyclic) bond motifs is 2. The van der Waals surface area contributed by atoms with Gasteiger partial charge in [-0.2, -0.15) is 4.98 Å². The lowest BCUT2D eigenvalue weighted by Crippen LogP contribution is -2.53. The molecule has 0 unspecified atom stereocenters. The van der Waals surface area contributed by atoms with Gasteiger partial charge >= 0.3 is 12.1 Å². The monoisotopic (exact) mass is 673 g/mol. The fraction of sp³-hybridized carbons (Fsp3) is 0.556. The summed E-state index contributed by atoms with van der Waals surface area (Å²) in [4.78, 5) is 56.5. The Hall–Kier alpha value is -4.36. The second kappa shape index (κ2) is 14.6. The number of benzene rings is 2. The first-order chi connectivity index (χ1) is 23.9. The molecular formula is C36H47N7O6. The zero-order valence-electron chi connectivity index (χ0n) is 28.5. The third-order valence-corrected chi connectivity index (χ3v) is 10.6. The average molecular weight is 674 g/mol. The summed E-state index contributed by atoms with van der Waals surface area (Å²) < 4.78 is 17.0. The molecule has 0 saturated carbocycles. The number of aryl methyl sites for hydroxylation is 1. The number of nitrogens with zero attached hydrogens (tertiary/aromatic N) is 5. The van der Waals surface area contributed by atoms with E-state index >= 15 is 0 Å². The molecule has 1 atom stereocenters. The first kappa shape index (κ1) is 33.2. The summed E-state index contributed by atoms with van der Waals surface area (Å²) >= 11 is 0. The summed E-state index contributed by atoms with van der Waals surface area (Å²) in [6.07, 6.45) is 2.60. The van der Waals surface area contributed by atoms with Crippen LogP contribution in [0.3, 0.4) is 0 Å². The average Bonchev–Trinajstić information content (AvgIpc) is 3.48. The third kappa shape index (κ3) is 7.32. The van der Waals surface area contributed by atoms with Crippen LogP contribution in [-0.2, 0) is 27.1 Å². The molecule has 3 saturated heterocycles. The molecule has 49 heavy (non-hydrogen) atoms. The number of nitrogens with one attached hydrogen (secondary N) is 2. The van der Waals surface area contributed by atoms with Gasteiger partial charge in [0, 0.05) is 70.0 Å². The van der Waals surface area contributed by atoms with Crippen molar-refractivity contribution in [3.8, 4) is 6.01 Å². The predicted molar refractivity (Wildman–Crippen MR) is 184 cm³/mol. The van der Waals surface area contributed by atoms with Crippen LogP contribution in [0, 0.1) is 6.92 Å². The Morgan fingerprint density at radius 1 is 0.959 bits per heavy atom. The van der Waals surface area contributed by atoms with Crippen LogP contribution in [-0.4, -0.2) is 132 Å². The number of methoxy groups -OCH3 is 1. The minimum Gasteiger partial charge on any atom is -0.468 e. The number of imidazole rings is 1. The molecule has 3 fully saturated rings. The number of aromatic nitrogens is 2. The number of likely N-dealkylation sites (tertiary alicyclic amines) is 2. The summed E-state index contributed by atoms with van der Waals surface area (Å²) in [6, 6.07) is 12.6. The van der Waals surface area contributed by atoms with E-state index in [1.165, 1.54) is 0 Å². The maximum atomic E-state index is 14.1. The third-order valence-electron chi connectivity index (χ3n) is 10.6. The van der Waals surface area contributed by atoms with E-state index in [1.807, 2.05) is 53.1 Å². The minimum absolute atomic E-state index is 0.0177. The Morgan fingerprint density at radius 2 is 1.67 bits per heavy atom. The van der Waals surface area contributed by atoms with Gasteiger partial charge in [0.25, 0.3) is 11.9 Å². The standard InChI is InChI=1S/C36H47N7O6/c1-24-21-25(22-30-32(24)39-34(37-30)47-2)23-31(33(44)41-12-8-27(9-13-41)40-17-19-48-20-18-40)49-36(46)42-14-10-28(11-15-42)43-16-7-26-5-3-4-6-29(26)38-35(43)45/h3-6,21-22,27-28,31H,7-20,23H2,1-2H3,(H,37,39)(H,38,45)/t31-/m1/s1. The van der Waals surface area contributed by atoms with Gasteiger partial charge in [0.2, 0.25) is 0 Å². The van der Waals surface area contributed by atoms with E-state index in [-0.39, 0.29) is 24.4 Å². The van der Waals surface area contributed by atoms with Crippen molar-refractivity contribution in [1.29, 1.82) is 0 Å². The van der Waals surface area contributed by atoms with Gasteiger partial charge in [-0.25, -0.2) is 9.59 Å². The fourth-order valence-corrected chi connectivity index (χ4v) is 7.84. The summed E-state index contributed by atoms with van der Waals surface area (Å²) in [5.41, 5.74) is 5.42. The number of rotatable bonds is 7. The Bertz CT molecular complexity index is 1660. The normalized spacial score (nSPS) is 20.4. The summed E-state index contributed by atoms with van der Waals surface area (Å²) in [6.45, 7) is 8.09. The number of carbonyl (C=O) groups excluding carboxylic acids is 3. The number of amides is 4. The zero-order valence-corrected chi connectivity index (χ0v) is 28.5. The van der Waals surface area contributed by atoms with E-state index in [2.05, 4.69) is 20.2 Å². The van der Waals surface area contributed by atoms with E-state index in [4.69, 9.17) is 14.2 Å². The van der Waals surface area contributed by atoms with Crippen molar-refractivity contribution in [2.24, 2.45) is 0 Å². The zero-order chi connectivity index (χ0) is 33.9. The lowest BCUT2D eigenvalue weighted by Gasteiger charge is -2.41. The minimum atomic E-state index is -0.974. The molecule has 7 rings (SSSR count). The highest BCUT2D eigenvalue weighted by Gasteiger charge is 2.36. The van der Waals surface area contributed by atoms with E-state index in [0.717, 1.165) is 79.0 Å². The molecule has 2 N–H and O–H groups in total. The molecule has 3 aromatic rings. The van der Waals surface area contributed by atoms with Crippen LogP contribution >= 0.6 is 0 Å². The highest BCUT2D eigenvalue weighted by Crippen LogP contribution is 2.27. The second-order valence-electron chi connectivity index (χ2n) is 13.6. The number of piperidine rings is 2. The summed E-state index contributed by atoms with van der Waals surface area (Å²) in [5.74, 6) is -0.165. The number of hydrogen-bond acceptors (Lipinski definition) is 8. The Labute approximate surface area is 286 Å². The quantitative estimate of drug-likeness (QED) is 0.387. The van der Waals surface area contributed by atoms with Gasteiger partial charge in [0.15, 0.2) is 6.10 Å². The van der Waals surface area contributed by atoms with Crippen molar-refractivity contribution in [2.75, 3.05) is 71.5 Å². The van der Waals surface area contributed by atoms with Crippen LogP contribution in [0.4, 0.5) is 15.3 Å². The van der Waals surface area contributed by atoms with Crippen molar-refractivity contribution in [2.45, 2.75) is 63.6 Å². The molecule has 4 amide bonds. The molecule has 4 aliphatic heterocycles. The highest BCUT2D eigenvalue weighted by molar-refractivity contribution is 5.91. The molecule has 262 valence electrons. The Kier molecular flexibility index (Phi) is 9.90. The van der Waals surface area contributed by atoms with Gasteiger partial charge in [0.05, 0.1) is 31.4 Å². The van der Waals surface area contributed by atoms with Crippen LogP contribution in [0.25, 0.3) is 11.0 Å². The number of aromatic amines is 1. The molecule has 1 aromatic heterocycles. The SMILES string of the molecule is COc1nc2cc(C[C@@H](OC(=O)N3CCC(N4CCc5ccccc5NC4=O)CC3)C(=O)N3CCC(N4CCOCC4)CC3)cc(C)c2[nH]1. The van der Waals surface area contributed by atoms with Gasteiger partial charge in [0.1, 0.15) is 0 Å². The first-order valence-electron chi connectivity index (χ1n) is 17.6. The molecule has 13 nitrogen and oxygen atoms in total. The molecule has 4 aliphatic rings. The smallest absolute Gasteiger partial charge is 0.410 e. The van der Waals surface area contributed by atoms with Crippen molar-refractivity contribution in [1.82, 2.24) is 29.6 Å². The van der Waals surface area contributed by atoms with Gasteiger partial charge in [-0.05, 0) is 67.9 Å². The second-order valence-corrected chi connectivity index (χ2v) is 13.6. The lowest BCUT2D eigenvalue weighted by atomic mass is 10.00. The van der Waals surface area contributed by atoms with E-state index < -0.39 is 12.2 Å². The van der Waals surface area contributed by atoms with Crippen LogP contribution in [0.1, 0.15) is 42.4 Å². The maximum Gasteiger partial charge on any atom is 0.410 e. The largest absolute Gasteiger partial charge is 0.468 e. The van der Waals surface area contributed by atoms with Crippen LogP contribution in [0.2, 0.25) is 0 Å². The molecule has 13 heteroatoms. The summed E-state index contributed by atoms with van der Waals surface area (Å²) in [7, 11) is 1.56. The Morgan fingerprint density at radius 3 is 2.43 bits per heavy atom. The van der Waals surface area contributed by atoms with Gasteiger partial charge < -0.3 is 39.2 Å². The number of morpholine rings is 1. The number of urea groups is 1. The number of carbonyl (C=O) groups is 3. The van der Waals surface area contributed by atoms with Crippen molar-refractivity contribution >= 4 is 34.8 Å². The lowest BCUT2D eigenvalue weighted by molar-refractivity contribution is -0.142. The van der Waals surface area contributed by atoms with E-state index in [1.54, 1.807) is 12.0 Å². The maximum absolute atomic E-state index is 14.1. The number of ether oxygens (including phenoxy) is 3. The van der Waals surface area contributed by atoms with Crippen molar-refractivity contribution < 1.29 is 28.6 Å². The molecular weight excluding hydrogens is 626 g/mol. The molecule has 0 radical (unpaired) electrons. The molecule has 2 aromatic carbocycles. The number of H-pyrrole nitrogens is 1. The molecule has 0 spiro atoms. The highest BCUT2D eigenvalue weighted by atomic mass is 16.6. The fourth-order valence-electron chi connectivity index (χ4n) is 7.84. The van der Waals surface area contributed by atoms with E-state index in [9.17, 15) is 14.4 Å². The summed E-state index contributed by atoms with van der Waals surface area (Å²) in [5, 5.41) is 3.06. The van der Waals surface area contributed by atoms with Gasteiger partial charge in [-0.15, -0.1) is 0 Å². The van der Waals surface area contributed by atoms with E-state index in [0.29, 0.717) is 57.6 Å². The topological polar surface area (TPSA) is 133 Å². The number of para-hydroxylation sites is 1. The van der Waals surface area contributed by atoms with Gasteiger partial charge in [-0.3, -0.25) is 9.69 Å². The van der Waals surface area contributed by atoms with Crippen LogP contribution in [0.5, 0.6) is 6.01 Å². The van der Waals surface area contributed by atoms with Crippen LogP contribution in [0.15, 0.2) is 36.4 Å². The molecule has 0 bridgehead atoms. The molecule has 0 aliphatic carbocycles. The van der Waals surface area contributed by atoms with Gasteiger partial charge in [-0.1, -0.05) is 24.3 Å². The number of anilines is 1. The Balaban J connectivity index is 1.02. The number of hydrogen-bond donors (Lipinski definition) is 2. The predicted octanol–water partition coefficient (Wildman–Crippen LogP) is 3.81.